The summed E-state index contributed by atoms with van der Waals surface area (Å²) in [5.74, 6) is 0.980. The molecule has 0 radical (unpaired) electrons. The molecule has 2 atom stereocenters. The van der Waals surface area contributed by atoms with Crippen molar-refractivity contribution in [1.82, 2.24) is 0 Å². The quantitative estimate of drug-likeness (QED) is 0.712. The Bertz CT molecular complexity index is 314. The Morgan fingerprint density at radius 1 is 1.17 bits per heavy atom. The van der Waals surface area contributed by atoms with Crippen LogP contribution in [0, 0.1) is 0 Å². The molecule has 0 spiro atoms. The molecule has 1 nitrogen and oxygen atoms in total. The summed E-state index contributed by atoms with van der Waals surface area (Å²) < 4.78 is 0. The second-order valence-electron chi connectivity index (χ2n) is 4.70. The zero-order chi connectivity index (χ0) is 13.4. The minimum atomic E-state index is -0.182. The van der Waals surface area contributed by atoms with Crippen molar-refractivity contribution < 1.29 is 5.11 Å². The highest BCUT2D eigenvalue weighted by molar-refractivity contribution is 8.03. The molecule has 1 N–H and O–H groups in total. The lowest BCUT2D eigenvalue weighted by Gasteiger charge is -2.23. The van der Waals surface area contributed by atoms with Gasteiger partial charge in [-0.15, -0.1) is 11.8 Å². The largest absolute Gasteiger partial charge is 0.392 e. The molecule has 0 saturated heterocycles. The van der Waals surface area contributed by atoms with E-state index < -0.39 is 0 Å². The first-order valence-electron chi connectivity index (χ1n) is 6.64. The molecule has 3 heteroatoms. The molecule has 0 aliphatic carbocycles. The van der Waals surface area contributed by atoms with Crippen LogP contribution in [0.1, 0.15) is 33.6 Å². The second kappa shape index (κ2) is 8.89. The van der Waals surface area contributed by atoms with Crippen molar-refractivity contribution in [3.05, 3.63) is 30.3 Å². The Balaban J connectivity index is 2.50. The summed E-state index contributed by atoms with van der Waals surface area (Å²) in [7, 11) is 0. The van der Waals surface area contributed by atoms with Gasteiger partial charge in [0.15, 0.2) is 0 Å². The highest BCUT2D eigenvalue weighted by Crippen LogP contribution is 2.29. The third-order valence-electron chi connectivity index (χ3n) is 2.62. The second-order valence-corrected chi connectivity index (χ2v) is 7.62. The maximum absolute atomic E-state index is 10.2. The lowest BCUT2D eigenvalue weighted by Crippen LogP contribution is -2.26. The molecule has 1 rings (SSSR count). The molecule has 0 unspecified atom stereocenters. The molecule has 0 saturated carbocycles. The van der Waals surface area contributed by atoms with Crippen molar-refractivity contribution in [2.45, 2.75) is 55.1 Å². The minimum Gasteiger partial charge on any atom is -0.392 e. The molecule has 0 aliphatic heterocycles. The van der Waals surface area contributed by atoms with Crippen molar-refractivity contribution in [1.29, 1.82) is 0 Å². The average molecular weight is 284 g/mol. The van der Waals surface area contributed by atoms with Gasteiger partial charge in [-0.2, -0.15) is 11.8 Å². The number of hydrogen-bond donors (Lipinski definition) is 1. The number of thioether (sulfide) groups is 2. The summed E-state index contributed by atoms with van der Waals surface area (Å²) in [5, 5.41) is 11.1. The SMILES string of the molecule is CCC[C@H](O)[C@@H](CSc1ccccc1)SC(C)C. The van der Waals surface area contributed by atoms with E-state index in [0.29, 0.717) is 10.5 Å². The molecule has 0 amide bonds. The first-order valence-corrected chi connectivity index (χ1v) is 8.57. The van der Waals surface area contributed by atoms with E-state index >= 15 is 0 Å². The third kappa shape index (κ3) is 6.17. The molecule has 0 fully saturated rings. The van der Waals surface area contributed by atoms with E-state index in [2.05, 4.69) is 45.0 Å². The van der Waals surface area contributed by atoms with E-state index in [4.69, 9.17) is 0 Å². The van der Waals surface area contributed by atoms with Crippen molar-refractivity contribution in [2.24, 2.45) is 0 Å². The van der Waals surface area contributed by atoms with Gasteiger partial charge < -0.3 is 5.11 Å². The topological polar surface area (TPSA) is 20.2 Å². The molecule has 1 aromatic rings. The molecule has 18 heavy (non-hydrogen) atoms. The minimum absolute atomic E-state index is 0.182. The predicted octanol–water partition coefficient (Wildman–Crippen LogP) is 4.45. The Kier molecular flexibility index (Phi) is 7.87. The van der Waals surface area contributed by atoms with Gasteiger partial charge in [-0.25, -0.2) is 0 Å². The van der Waals surface area contributed by atoms with E-state index in [9.17, 15) is 5.11 Å². The lowest BCUT2D eigenvalue weighted by atomic mass is 10.1. The van der Waals surface area contributed by atoms with Crippen LogP contribution in [0.3, 0.4) is 0 Å². The van der Waals surface area contributed by atoms with Gasteiger partial charge in [0.2, 0.25) is 0 Å². The van der Waals surface area contributed by atoms with Gasteiger partial charge in [0.25, 0.3) is 0 Å². The van der Waals surface area contributed by atoms with Gasteiger partial charge in [-0.1, -0.05) is 45.4 Å². The Labute approximate surface area is 120 Å². The highest BCUT2D eigenvalue weighted by Gasteiger charge is 2.20. The van der Waals surface area contributed by atoms with Crippen molar-refractivity contribution >= 4 is 23.5 Å². The predicted molar refractivity (Wildman–Crippen MR) is 84.6 cm³/mol. The number of hydrogen-bond acceptors (Lipinski definition) is 3. The Hall–Kier alpha value is -0.120. The van der Waals surface area contributed by atoms with Gasteiger partial charge in [0.1, 0.15) is 0 Å². The lowest BCUT2D eigenvalue weighted by molar-refractivity contribution is 0.166. The number of benzene rings is 1. The van der Waals surface area contributed by atoms with E-state index in [1.54, 1.807) is 0 Å². The number of rotatable bonds is 8. The smallest absolute Gasteiger partial charge is 0.0666 e. The Morgan fingerprint density at radius 2 is 1.83 bits per heavy atom. The van der Waals surface area contributed by atoms with Crippen LogP contribution in [0.15, 0.2) is 35.2 Å². The molecule has 0 heterocycles. The molecule has 1 aromatic carbocycles. The van der Waals surface area contributed by atoms with Crippen molar-refractivity contribution in [3.8, 4) is 0 Å². The van der Waals surface area contributed by atoms with Gasteiger partial charge >= 0.3 is 0 Å². The normalized spacial score (nSPS) is 14.7. The molecule has 0 aliphatic rings. The third-order valence-corrected chi connectivity index (χ3v) is 5.34. The molecular formula is C15H24OS2. The molecular weight excluding hydrogens is 260 g/mol. The standard InChI is InChI=1S/C15H24OS2/c1-4-8-14(16)15(18-12(2)3)11-17-13-9-6-5-7-10-13/h5-7,9-10,12,14-16H,4,8,11H2,1-3H3/t14-,15+/m0/s1. The van der Waals surface area contributed by atoms with E-state index in [0.717, 1.165) is 18.6 Å². The first-order chi connectivity index (χ1) is 8.63. The maximum atomic E-state index is 10.2. The first kappa shape index (κ1) is 15.9. The van der Waals surface area contributed by atoms with Gasteiger partial charge in [0, 0.05) is 15.9 Å². The van der Waals surface area contributed by atoms with Crippen LogP contribution in [0.2, 0.25) is 0 Å². The number of aliphatic hydroxyl groups is 1. The molecule has 102 valence electrons. The van der Waals surface area contributed by atoms with Crippen molar-refractivity contribution in [3.63, 3.8) is 0 Å². The van der Waals surface area contributed by atoms with Crippen LogP contribution in [0.25, 0.3) is 0 Å². The Morgan fingerprint density at radius 3 is 2.39 bits per heavy atom. The molecule has 0 bridgehead atoms. The summed E-state index contributed by atoms with van der Waals surface area (Å²) in [6.45, 7) is 6.53. The summed E-state index contributed by atoms with van der Waals surface area (Å²) in [5.41, 5.74) is 0. The van der Waals surface area contributed by atoms with Crippen LogP contribution in [0.5, 0.6) is 0 Å². The highest BCUT2D eigenvalue weighted by atomic mass is 32.2. The van der Waals surface area contributed by atoms with E-state index in [1.165, 1.54) is 4.90 Å². The van der Waals surface area contributed by atoms with Gasteiger partial charge in [-0.05, 0) is 23.8 Å². The zero-order valence-electron chi connectivity index (χ0n) is 11.5. The van der Waals surface area contributed by atoms with Gasteiger partial charge in [0.05, 0.1) is 6.10 Å². The summed E-state index contributed by atoms with van der Waals surface area (Å²) in [6.07, 6.45) is 1.77. The summed E-state index contributed by atoms with van der Waals surface area (Å²) >= 11 is 3.74. The van der Waals surface area contributed by atoms with Gasteiger partial charge in [-0.3, -0.25) is 0 Å². The fraction of sp³-hybridized carbons (Fsp3) is 0.600. The summed E-state index contributed by atoms with van der Waals surface area (Å²) in [6, 6.07) is 10.4. The maximum Gasteiger partial charge on any atom is 0.0666 e. The monoisotopic (exact) mass is 284 g/mol. The van der Waals surface area contributed by atoms with E-state index in [1.807, 2.05) is 29.6 Å². The molecule has 0 aromatic heterocycles. The number of aliphatic hydroxyl groups excluding tert-OH is 1. The van der Waals surface area contributed by atoms with Crippen LogP contribution < -0.4 is 0 Å². The zero-order valence-corrected chi connectivity index (χ0v) is 13.1. The summed E-state index contributed by atoms with van der Waals surface area (Å²) in [4.78, 5) is 1.29. The fourth-order valence-corrected chi connectivity index (χ4v) is 4.23. The van der Waals surface area contributed by atoms with Crippen LogP contribution >= 0.6 is 23.5 Å². The van der Waals surface area contributed by atoms with Crippen molar-refractivity contribution in [2.75, 3.05) is 5.75 Å². The van der Waals surface area contributed by atoms with Crippen LogP contribution in [0.4, 0.5) is 0 Å². The fourth-order valence-electron chi connectivity index (χ4n) is 1.77. The average Bonchev–Trinajstić information content (AvgIpc) is 2.35. The van der Waals surface area contributed by atoms with Crippen LogP contribution in [-0.2, 0) is 0 Å². The van der Waals surface area contributed by atoms with E-state index in [-0.39, 0.29) is 6.10 Å². The van der Waals surface area contributed by atoms with Crippen LogP contribution in [-0.4, -0.2) is 27.5 Å².